The van der Waals surface area contributed by atoms with Crippen molar-refractivity contribution in [3.63, 3.8) is 0 Å². The summed E-state index contributed by atoms with van der Waals surface area (Å²) < 4.78 is 10.9. The maximum atomic E-state index is 12.4. The van der Waals surface area contributed by atoms with Crippen LogP contribution in [-0.4, -0.2) is 36.3 Å². The van der Waals surface area contributed by atoms with Crippen molar-refractivity contribution in [2.24, 2.45) is 5.41 Å². The summed E-state index contributed by atoms with van der Waals surface area (Å²) in [5.74, 6) is 0. The first-order chi connectivity index (χ1) is 13.8. The van der Waals surface area contributed by atoms with Crippen molar-refractivity contribution in [2.75, 3.05) is 19.7 Å². The Labute approximate surface area is 176 Å². The fourth-order valence-corrected chi connectivity index (χ4v) is 3.82. The predicted octanol–water partition coefficient (Wildman–Crippen LogP) is 6.13. The van der Waals surface area contributed by atoms with Gasteiger partial charge in [0.1, 0.15) is 12.2 Å². The van der Waals surface area contributed by atoms with Gasteiger partial charge in [-0.05, 0) is 76.4 Å². The monoisotopic (exact) mass is 399 g/mol. The summed E-state index contributed by atoms with van der Waals surface area (Å²) in [4.78, 5) is 14.3. The lowest BCUT2D eigenvalue weighted by Gasteiger charge is -2.42. The SMILES string of the molecule is C=CCOC=CCCC1(CCc2ccccc2)CCN(C(=O)OC(C)(C)C)CC1. The minimum Gasteiger partial charge on any atom is -0.497 e. The van der Waals surface area contributed by atoms with Crippen LogP contribution in [-0.2, 0) is 15.9 Å². The van der Waals surface area contributed by atoms with E-state index in [4.69, 9.17) is 9.47 Å². The summed E-state index contributed by atoms with van der Waals surface area (Å²) in [6.07, 6.45) is 11.8. The first-order valence-electron chi connectivity index (χ1n) is 10.7. The molecule has 1 aromatic rings. The molecule has 0 atom stereocenters. The average molecular weight is 400 g/mol. The summed E-state index contributed by atoms with van der Waals surface area (Å²) in [5, 5.41) is 0. The minimum atomic E-state index is -0.449. The average Bonchev–Trinajstić information content (AvgIpc) is 2.69. The fourth-order valence-electron chi connectivity index (χ4n) is 3.82. The Morgan fingerprint density at radius 2 is 1.86 bits per heavy atom. The van der Waals surface area contributed by atoms with E-state index in [0.29, 0.717) is 6.61 Å². The molecule has 0 unspecified atom stereocenters. The highest BCUT2D eigenvalue weighted by Gasteiger charge is 2.36. The van der Waals surface area contributed by atoms with Gasteiger partial charge in [-0.1, -0.05) is 43.0 Å². The van der Waals surface area contributed by atoms with Gasteiger partial charge in [0.05, 0.1) is 6.26 Å². The fraction of sp³-hybridized carbons (Fsp3) is 0.560. The first kappa shape index (κ1) is 23.1. The van der Waals surface area contributed by atoms with E-state index >= 15 is 0 Å². The molecule has 4 nitrogen and oxygen atoms in total. The van der Waals surface area contributed by atoms with Gasteiger partial charge < -0.3 is 14.4 Å². The molecule has 0 bridgehead atoms. The maximum absolute atomic E-state index is 12.4. The van der Waals surface area contributed by atoms with E-state index in [0.717, 1.165) is 51.6 Å². The third-order valence-electron chi connectivity index (χ3n) is 5.51. The van der Waals surface area contributed by atoms with Gasteiger partial charge in [-0.3, -0.25) is 0 Å². The second-order valence-corrected chi connectivity index (χ2v) is 8.99. The molecule has 0 aromatic heterocycles. The molecule has 1 heterocycles. The van der Waals surface area contributed by atoms with Crippen LogP contribution in [0.1, 0.15) is 58.4 Å². The Kier molecular flexibility index (Phi) is 8.81. The van der Waals surface area contributed by atoms with Crippen molar-refractivity contribution in [1.82, 2.24) is 4.90 Å². The molecule has 2 rings (SSSR count). The number of benzene rings is 1. The van der Waals surface area contributed by atoms with Crippen LogP contribution in [0, 0.1) is 5.41 Å². The number of carbonyl (C=O) groups is 1. The van der Waals surface area contributed by atoms with Crippen LogP contribution >= 0.6 is 0 Å². The van der Waals surface area contributed by atoms with Gasteiger partial charge in [0.25, 0.3) is 0 Å². The van der Waals surface area contributed by atoms with Crippen LogP contribution in [0.2, 0.25) is 0 Å². The molecule has 0 saturated carbocycles. The second kappa shape index (κ2) is 11.1. The van der Waals surface area contributed by atoms with Crippen molar-refractivity contribution < 1.29 is 14.3 Å². The van der Waals surface area contributed by atoms with Crippen molar-refractivity contribution in [2.45, 2.75) is 64.9 Å². The van der Waals surface area contributed by atoms with Gasteiger partial charge >= 0.3 is 6.09 Å². The number of amides is 1. The number of nitrogens with zero attached hydrogens (tertiary/aromatic N) is 1. The van der Waals surface area contributed by atoms with Crippen LogP contribution in [0.3, 0.4) is 0 Å². The maximum Gasteiger partial charge on any atom is 0.410 e. The van der Waals surface area contributed by atoms with Crippen molar-refractivity contribution in [1.29, 1.82) is 0 Å². The normalized spacial score (nSPS) is 16.6. The Morgan fingerprint density at radius 3 is 2.48 bits per heavy atom. The number of rotatable bonds is 9. The van der Waals surface area contributed by atoms with Gasteiger partial charge in [-0.2, -0.15) is 0 Å². The highest BCUT2D eigenvalue weighted by Crippen LogP contribution is 2.41. The number of piperidine rings is 1. The number of likely N-dealkylation sites (tertiary alicyclic amines) is 1. The summed E-state index contributed by atoms with van der Waals surface area (Å²) in [5.41, 5.74) is 1.18. The van der Waals surface area contributed by atoms with Crippen LogP contribution in [0.5, 0.6) is 0 Å². The molecule has 160 valence electrons. The molecule has 1 aliphatic heterocycles. The van der Waals surface area contributed by atoms with E-state index < -0.39 is 5.60 Å². The van der Waals surface area contributed by atoms with Gasteiger partial charge in [-0.25, -0.2) is 4.79 Å². The van der Waals surface area contributed by atoms with E-state index in [1.54, 1.807) is 12.3 Å². The Morgan fingerprint density at radius 1 is 1.17 bits per heavy atom. The van der Waals surface area contributed by atoms with Crippen molar-refractivity contribution in [3.8, 4) is 0 Å². The molecule has 1 fully saturated rings. The first-order valence-corrected chi connectivity index (χ1v) is 10.7. The van der Waals surface area contributed by atoms with Gasteiger partial charge in [0.2, 0.25) is 0 Å². The third-order valence-corrected chi connectivity index (χ3v) is 5.51. The van der Waals surface area contributed by atoms with Crippen LogP contribution < -0.4 is 0 Å². The number of hydrogen-bond donors (Lipinski definition) is 0. The van der Waals surface area contributed by atoms with Gasteiger partial charge in [-0.15, -0.1) is 0 Å². The van der Waals surface area contributed by atoms with Crippen molar-refractivity contribution >= 4 is 6.09 Å². The molecule has 1 aliphatic rings. The van der Waals surface area contributed by atoms with Crippen molar-refractivity contribution in [3.05, 3.63) is 60.9 Å². The van der Waals surface area contributed by atoms with Crippen LogP contribution in [0.4, 0.5) is 4.79 Å². The highest BCUT2D eigenvalue weighted by atomic mass is 16.6. The van der Waals surface area contributed by atoms with E-state index in [1.165, 1.54) is 5.56 Å². The summed E-state index contributed by atoms with van der Waals surface area (Å²) in [6.45, 7) is 11.5. The molecule has 0 radical (unpaired) electrons. The van der Waals surface area contributed by atoms with Gasteiger partial charge in [0.15, 0.2) is 0 Å². The quantitative estimate of drug-likeness (QED) is 0.285. The summed E-state index contributed by atoms with van der Waals surface area (Å²) in [6, 6.07) is 10.7. The Hall–Kier alpha value is -2.23. The van der Waals surface area contributed by atoms with Crippen LogP contribution in [0.25, 0.3) is 0 Å². The lowest BCUT2D eigenvalue weighted by molar-refractivity contribution is 0.00778. The van der Waals surface area contributed by atoms with E-state index in [1.807, 2.05) is 25.7 Å². The number of allylic oxidation sites excluding steroid dienone is 1. The largest absolute Gasteiger partial charge is 0.497 e. The molecule has 1 amide bonds. The lowest BCUT2D eigenvalue weighted by atomic mass is 9.71. The van der Waals surface area contributed by atoms with Crippen LogP contribution in [0.15, 0.2) is 55.3 Å². The molecule has 29 heavy (non-hydrogen) atoms. The van der Waals surface area contributed by atoms with E-state index in [9.17, 15) is 4.79 Å². The Balaban J connectivity index is 1.95. The highest BCUT2D eigenvalue weighted by molar-refractivity contribution is 5.68. The van der Waals surface area contributed by atoms with E-state index in [2.05, 4.69) is 43.0 Å². The molecule has 4 heteroatoms. The summed E-state index contributed by atoms with van der Waals surface area (Å²) >= 11 is 0. The molecular weight excluding hydrogens is 362 g/mol. The Bertz CT molecular complexity index is 652. The molecule has 1 aromatic carbocycles. The number of aryl methyl sites for hydroxylation is 1. The molecule has 1 saturated heterocycles. The summed E-state index contributed by atoms with van der Waals surface area (Å²) in [7, 11) is 0. The smallest absolute Gasteiger partial charge is 0.410 e. The standard InChI is InChI=1S/C25H37NO3/c1-5-20-28-21-10-9-14-25(15-13-22-11-7-6-8-12-22)16-18-26(19-17-25)23(27)29-24(2,3)4/h5-8,10-12,21H,1,9,13-20H2,2-4H3. The molecule has 0 aliphatic carbocycles. The molecule has 0 spiro atoms. The predicted molar refractivity (Wildman–Crippen MR) is 119 cm³/mol. The number of ether oxygens (including phenoxy) is 2. The number of hydrogen-bond acceptors (Lipinski definition) is 3. The molecular formula is C25H37NO3. The van der Waals surface area contributed by atoms with Gasteiger partial charge in [0, 0.05) is 13.1 Å². The molecule has 0 N–H and O–H groups in total. The lowest BCUT2D eigenvalue weighted by Crippen LogP contribution is -2.45. The third kappa shape index (κ3) is 8.35. The van der Waals surface area contributed by atoms with E-state index in [-0.39, 0.29) is 11.5 Å². The zero-order valence-electron chi connectivity index (χ0n) is 18.4. The zero-order chi connectivity index (χ0) is 21.2. The topological polar surface area (TPSA) is 38.8 Å². The number of carbonyl (C=O) groups excluding carboxylic acids is 1. The minimum absolute atomic E-state index is 0.188. The second-order valence-electron chi connectivity index (χ2n) is 8.99. The zero-order valence-corrected chi connectivity index (χ0v) is 18.4.